The summed E-state index contributed by atoms with van der Waals surface area (Å²) >= 11 is 0. The third kappa shape index (κ3) is 1.88. The third-order valence-electron chi connectivity index (χ3n) is 3.03. The van der Waals surface area contributed by atoms with Crippen LogP contribution in [0.3, 0.4) is 0 Å². The highest BCUT2D eigenvalue weighted by molar-refractivity contribution is 5.98. The number of carbonyl (C=O) groups excluding carboxylic acids is 1. The van der Waals surface area contributed by atoms with Crippen LogP contribution in [0.2, 0.25) is 0 Å². The summed E-state index contributed by atoms with van der Waals surface area (Å²) < 4.78 is 13.7. The predicted molar refractivity (Wildman–Crippen MR) is 62.8 cm³/mol. The van der Waals surface area contributed by atoms with Gasteiger partial charge < -0.3 is 5.73 Å². The number of nitrogens with two attached hydrogens (primary N) is 1. The molecule has 0 unspecified atom stereocenters. The summed E-state index contributed by atoms with van der Waals surface area (Å²) in [6, 6.07) is 6.31. The van der Waals surface area contributed by atoms with Gasteiger partial charge in [-0.25, -0.2) is 9.38 Å². The lowest BCUT2D eigenvalue weighted by Gasteiger charge is -2.33. The minimum Gasteiger partial charge on any atom is -0.369 e. The maximum atomic E-state index is 13.7. The maximum Gasteiger partial charge on any atom is 0.231 e. The van der Waals surface area contributed by atoms with Crippen LogP contribution in [0.4, 0.5) is 4.39 Å². The first-order valence-corrected chi connectivity index (χ1v) is 5.31. The van der Waals surface area contributed by atoms with Gasteiger partial charge in [-0.15, -0.1) is 0 Å². The van der Waals surface area contributed by atoms with Gasteiger partial charge in [0.1, 0.15) is 5.82 Å². The molecule has 1 amide bonds. The van der Waals surface area contributed by atoms with E-state index in [1.165, 1.54) is 11.0 Å². The predicted octanol–water partition coefficient (Wildman–Crippen LogP) is 1.22. The van der Waals surface area contributed by atoms with E-state index in [9.17, 15) is 9.18 Å². The minimum atomic E-state index is -0.918. The van der Waals surface area contributed by atoms with Gasteiger partial charge in [0.25, 0.3) is 0 Å². The lowest BCUT2D eigenvalue weighted by Crippen LogP contribution is -2.47. The fraction of sp³-hybridized carbons (Fsp3) is 0.333. The van der Waals surface area contributed by atoms with Crippen molar-refractivity contribution in [1.29, 1.82) is 0 Å². The lowest BCUT2D eigenvalue weighted by molar-refractivity contribution is -0.128. The SMILES string of the molecule is CN1C(=O)C[C@@](C)(c2ccccc2F)N=C1N. The average molecular weight is 235 g/mol. The number of rotatable bonds is 1. The van der Waals surface area contributed by atoms with Crippen molar-refractivity contribution >= 4 is 11.9 Å². The third-order valence-corrected chi connectivity index (χ3v) is 3.03. The molecule has 1 aliphatic rings. The second kappa shape index (κ2) is 3.84. The number of halogens is 1. The second-order valence-corrected chi connectivity index (χ2v) is 4.35. The molecular formula is C12H14FN3O. The molecule has 1 aromatic rings. The molecule has 4 nitrogen and oxygen atoms in total. The van der Waals surface area contributed by atoms with E-state index in [1.807, 2.05) is 0 Å². The monoisotopic (exact) mass is 235 g/mol. The summed E-state index contributed by atoms with van der Waals surface area (Å²) in [6.07, 6.45) is 0.116. The highest BCUT2D eigenvalue weighted by Gasteiger charge is 2.37. The Morgan fingerprint density at radius 1 is 1.47 bits per heavy atom. The fourth-order valence-electron chi connectivity index (χ4n) is 1.96. The number of benzene rings is 1. The molecule has 0 aromatic heterocycles. The van der Waals surface area contributed by atoms with Gasteiger partial charge in [0, 0.05) is 12.6 Å². The highest BCUT2D eigenvalue weighted by Crippen LogP contribution is 2.34. The molecule has 0 spiro atoms. The van der Waals surface area contributed by atoms with Crippen LogP contribution in [-0.4, -0.2) is 23.8 Å². The largest absolute Gasteiger partial charge is 0.369 e. The Kier molecular flexibility index (Phi) is 2.61. The van der Waals surface area contributed by atoms with Crippen molar-refractivity contribution in [3.8, 4) is 0 Å². The van der Waals surface area contributed by atoms with Crippen molar-refractivity contribution in [2.75, 3.05) is 7.05 Å². The molecule has 0 fully saturated rings. The van der Waals surface area contributed by atoms with E-state index in [0.29, 0.717) is 5.56 Å². The maximum absolute atomic E-state index is 13.7. The zero-order valence-electron chi connectivity index (χ0n) is 9.77. The summed E-state index contributed by atoms with van der Waals surface area (Å²) in [5.74, 6) is -0.417. The van der Waals surface area contributed by atoms with E-state index >= 15 is 0 Å². The van der Waals surface area contributed by atoms with Gasteiger partial charge in [0.2, 0.25) is 5.91 Å². The molecule has 90 valence electrons. The molecule has 0 bridgehead atoms. The van der Waals surface area contributed by atoms with Crippen LogP contribution in [0.1, 0.15) is 18.9 Å². The smallest absolute Gasteiger partial charge is 0.231 e. The average Bonchev–Trinajstić information content (AvgIpc) is 2.26. The highest BCUT2D eigenvalue weighted by atomic mass is 19.1. The van der Waals surface area contributed by atoms with E-state index in [2.05, 4.69) is 4.99 Å². The summed E-state index contributed by atoms with van der Waals surface area (Å²) in [7, 11) is 1.56. The first kappa shape index (κ1) is 11.6. The standard InChI is InChI=1S/C12H14FN3O/c1-12(8-5-3-4-6-9(8)13)7-10(17)16(2)11(14)15-12/h3-6H,7H2,1-2H3,(H2,14,15)/t12-/m0/s1. The molecule has 1 heterocycles. The number of hydrogen-bond donors (Lipinski definition) is 1. The number of nitrogens with zero attached hydrogens (tertiary/aromatic N) is 2. The molecule has 17 heavy (non-hydrogen) atoms. The number of amides is 1. The van der Waals surface area contributed by atoms with E-state index in [1.54, 1.807) is 32.2 Å². The van der Waals surface area contributed by atoms with Crippen LogP contribution < -0.4 is 5.73 Å². The molecule has 0 aliphatic carbocycles. The Labute approximate surface area is 98.9 Å². The molecule has 0 saturated heterocycles. The fourth-order valence-corrected chi connectivity index (χ4v) is 1.96. The Morgan fingerprint density at radius 3 is 2.71 bits per heavy atom. The molecular weight excluding hydrogens is 221 g/mol. The Bertz CT molecular complexity index is 500. The topological polar surface area (TPSA) is 58.7 Å². The Morgan fingerprint density at radius 2 is 2.12 bits per heavy atom. The normalized spacial score (nSPS) is 24.8. The molecule has 1 aliphatic heterocycles. The van der Waals surface area contributed by atoms with Gasteiger partial charge in [-0.2, -0.15) is 0 Å². The van der Waals surface area contributed by atoms with Crippen LogP contribution in [0.15, 0.2) is 29.3 Å². The van der Waals surface area contributed by atoms with Crippen molar-refractivity contribution in [2.24, 2.45) is 10.7 Å². The van der Waals surface area contributed by atoms with Crippen molar-refractivity contribution in [3.63, 3.8) is 0 Å². The molecule has 0 saturated carbocycles. The zero-order chi connectivity index (χ0) is 12.6. The molecule has 0 radical (unpaired) electrons. The van der Waals surface area contributed by atoms with Crippen LogP contribution in [-0.2, 0) is 10.3 Å². The van der Waals surface area contributed by atoms with Gasteiger partial charge in [0.05, 0.1) is 12.0 Å². The molecule has 5 heteroatoms. The first-order valence-electron chi connectivity index (χ1n) is 5.31. The van der Waals surface area contributed by atoms with Crippen molar-refractivity contribution < 1.29 is 9.18 Å². The summed E-state index contributed by atoms with van der Waals surface area (Å²) in [5, 5.41) is 0. The first-order chi connectivity index (χ1) is 7.94. The van der Waals surface area contributed by atoms with Crippen LogP contribution in [0.5, 0.6) is 0 Å². The minimum absolute atomic E-state index is 0.116. The van der Waals surface area contributed by atoms with Crippen molar-refractivity contribution in [1.82, 2.24) is 4.90 Å². The van der Waals surface area contributed by atoms with E-state index in [0.717, 1.165) is 0 Å². The van der Waals surface area contributed by atoms with Crippen molar-refractivity contribution in [3.05, 3.63) is 35.6 Å². The van der Waals surface area contributed by atoms with Gasteiger partial charge in [-0.05, 0) is 13.0 Å². The lowest BCUT2D eigenvalue weighted by atomic mass is 9.87. The number of hydrogen-bond acceptors (Lipinski definition) is 3. The number of aliphatic imine (C=N–C) groups is 1. The van der Waals surface area contributed by atoms with Gasteiger partial charge >= 0.3 is 0 Å². The Hall–Kier alpha value is -1.91. The molecule has 1 aromatic carbocycles. The number of carbonyl (C=O) groups is 1. The summed E-state index contributed by atoms with van der Waals surface area (Å²) in [5.41, 5.74) is 5.14. The Balaban J connectivity index is 2.51. The van der Waals surface area contributed by atoms with Crippen LogP contribution in [0, 0.1) is 5.82 Å². The summed E-state index contributed by atoms with van der Waals surface area (Å²) in [4.78, 5) is 17.3. The zero-order valence-corrected chi connectivity index (χ0v) is 9.77. The quantitative estimate of drug-likeness (QED) is 0.795. The summed E-state index contributed by atoms with van der Waals surface area (Å²) in [6.45, 7) is 1.71. The van der Waals surface area contributed by atoms with E-state index in [-0.39, 0.29) is 24.1 Å². The van der Waals surface area contributed by atoms with E-state index < -0.39 is 5.54 Å². The van der Waals surface area contributed by atoms with Crippen LogP contribution >= 0.6 is 0 Å². The van der Waals surface area contributed by atoms with Crippen molar-refractivity contribution in [2.45, 2.75) is 18.9 Å². The molecule has 2 N–H and O–H groups in total. The van der Waals surface area contributed by atoms with E-state index in [4.69, 9.17) is 5.73 Å². The van der Waals surface area contributed by atoms with Gasteiger partial charge in [0.15, 0.2) is 5.96 Å². The molecule has 1 atom stereocenters. The number of guanidine groups is 1. The van der Waals surface area contributed by atoms with Gasteiger partial charge in [-0.3, -0.25) is 9.69 Å². The van der Waals surface area contributed by atoms with Crippen LogP contribution in [0.25, 0.3) is 0 Å². The molecule has 2 rings (SSSR count). The second-order valence-electron chi connectivity index (χ2n) is 4.35. The van der Waals surface area contributed by atoms with Gasteiger partial charge in [-0.1, -0.05) is 18.2 Å².